The fraction of sp³-hybridized carbons (Fsp3) is 0.316. The molecule has 1 aromatic heterocycles. The summed E-state index contributed by atoms with van der Waals surface area (Å²) < 4.78 is 0. The second kappa shape index (κ2) is 8.67. The number of nitrogens with one attached hydrogen (secondary N) is 1. The van der Waals surface area contributed by atoms with E-state index in [1.807, 2.05) is 18.3 Å². The molecule has 0 saturated heterocycles. The number of amides is 3. The molecular formula is C19H23ClN4O2. The van der Waals surface area contributed by atoms with Crippen LogP contribution in [0.5, 0.6) is 0 Å². The lowest BCUT2D eigenvalue weighted by Gasteiger charge is -2.18. The molecule has 3 amide bonds. The molecule has 0 fully saturated rings. The van der Waals surface area contributed by atoms with Crippen molar-refractivity contribution in [2.24, 2.45) is 0 Å². The zero-order valence-corrected chi connectivity index (χ0v) is 16.2. The van der Waals surface area contributed by atoms with Gasteiger partial charge in [-0.3, -0.25) is 9.78 Å². The van der Waals surface area contributed by atoms with Crippen molar-refractivity contribution in [3.05, 3.63) is 58.4 Å². The molecule has 26 heavy (non-hydrogen) atoms. The number of halogens is 1. The molecule has 2 rings (SSSR count). The normalized spacial score (nSPS) is 10.3. The van der Waals surface area contributed by atoms with Gasteiger partial charge in [0.15, 0.2) is 0 Å². The summed E-state index contributed by atoms with van der Waals surface area (Å²) in [6, 6.07) is 8.47. The van der Waals surface area contributed by atoms with Crippen LogP contribution in [0.3, 0.4) is 0 Å². The van der Waals surface area contributed by atoms with Gasteiger partial charge < -0.3 is 15.1 Å². The lowest BCUT2D eigenvalue weighted by Crippen LogP contribution is -2.31. The third-order valence-electron chi connectivity index (χ3n) is 3.90. The molecule has 2 aromatic rings. The Morgan fingerprint density at radius 1 is 1.15 bits per heavy atom. The van der Waals surface area contributed by atoms with E-state index < -0.39 is 0 Å². The van der Waals surface area contributed by atoms with Crippen molar-refractivity contribution in [2.45, 2.75) is 19.9 Å². The molecule has 1 aromatic carbocycles. The summed E-state index contributed by atoms with van der Waals surface area (Å²) in [4.78, 5) is 31.7. The van der Waals surface area contributed by atoms with Crippen molar-refractivity contribution < 1.29 is 9.59 Å². The number of aryl methyl sites for hydroxylation is 1. The van der Waals surface area contributed by atoms with Crippen molar-refractivity contribution in [2.75, 3.05) is 26.5 Å². The number of rotatable bonds is 5. The molecule has 0 aliphatic heterocycles. The van der Waals surface area contributed by atoms with E-state index in [2.05, 4.69) is 17.2 Å². The summed E-state index contributed by atoms with van der Waals surface area (Å²) >= 11 is 6.17. The Morgan fingerprint density at radius 3 is 2.42 bits per heavy atom. The maximum absolute atomic E-state index is 12.3. The number of hydrogen-bond donors (Lipinski definition) is 1. The molecule has 7 heteroatoms. The molecule has 6 nitrogen and oxygen atoms in total. The topological polar surface area (TPSA) is 65.5 Å². The number of aromatic nitrogens is 1. The van der Waals surface area contributed by atoms with Gasteiger partial charge in [-0.05, 0) is 36.2 Å². The molecule has 0 spiro atoms. The van der Waals surface area contributed by atoms with Gasteiger partial charge in [-0.25, -0.2) is 4.79 Å². The monoisotopic (exact) mass is 374 g/mol. The van der Waals surface area contributed by atoms with Gasteiger partial charge in [0.1, 0.15) is 0 Å². The van der Waals surface area contributed by atoms with E-state index in [0.29, 0.717) is 22.8 Å². The predicted octanol–water partition coefficient (Wildman–Crippen LogP) is 3.66. The molecule has 0 saturated carbocycles. The summed E-state index contributed by atoms with van der Waals surface area (Å²) in [6.07, 6.45) is 2.75. The Balaban J connectivity index is 2.01. The van der Waals surface area contributed by atoms with Gasteiger partial charge in [-0.1, -0.05) is 24.6 Å². The van der Waals surface area contributed by atoms with Crippen LogP contribution in [0.15, 0.2) is 36.5 Å². The zero-order valence-electron chi connectivity index (χ0n) is 15.4. The Bertz CT molecular complexity index is 791. The van der Waals surface area contributed by atoms with E-state index in [4.69, 9.17) is 11.6 Å². The van der Waals surface area contributed by atoms with Gasteiger partial charge >= 0.3 is 6.03 Å². The van der Waals surface area contributed by atoms with Gasteiger partial charge in [0.25, 0.3) is 5.91 Å². The maximum Gasteiger partial charge on any atom is 0.321 e. The molecule has 0 bridgehead atoms. The fourth-order valence-electron chi connectivity index (χ4n) is 2.30. The maximum atomic E-state index is 12.3. The van der Waals surface area contributed by atoms with E-state index >= 15 is 0 Å². The van der Waals surface area contributed by atoms with Crippen molar-refractivity contribution in [1.29, 1.82) is 0 Å². The second-order valence-corrected chi connectivity index (χ2v) is 6.60. The Labute approximate surface area is 158 Å². The van der Waals surface area contributed by atoms with Gasteiger partial charge in [-0.2, -0.15) is 0 Å². The highest BCUT2D eigenvalue weighted by molar-refractivity contribution is 6.34. The third kappa shape index (κ3) is 4.95. The summed E-state index contributed by atoms with van der Waals surface area (Å²) in [5.41, 5.74) is 2.88. The summed E-state index contributed by atoms with van der Waals surface area (Å²) in [5, 5.41) is 3.06. The average molecular weight is 375 g/mol. The number of carbonyl (C=O) groups excluding carboxylic acids is 2. The van der Waals surface area contributed by atoms with Crippen LogP contribution in [0.1, 0.15) is 28.5 Å². The van der Waals surface area contributed by atoms with Crippen molar-refractivity contribution >= 4 is 29.2 Å². The van der Waals surface area contributed by atoms with Crippen molar-refractivity contribution in [3.63, 3.8) is 0 Å². The van der Waals surface area contributed by atoms with Crippen molar-refractivity contribution in [1.82, 2.24) is 14.8 Å². The first-order valence-electron chi connectivity index (χ1n) is 8.29. The molecule has 0 aliphatic rings. The first-order valence-corrected chi connectivity index (χ1v) is 8.66. The highest BCUT2D eigenvalue weighted by Crippen LogP contribution is 2.22. The van der Waals surface area contributed by atoms with Crippen LogP contribution in [0.4, 0.5) is 10.5 Å². The third-order valence-corrected chi connectivity index (χ3v) is 4.21. The van der Waals surface area contributed by atoms with Crippen LogP contribution in [0.25, 0.3) is 0 Å². The first kappa shape index (κ1) is 19.7. The summed E-state index contributed by atoms with van der Waals surface area (Å²) in [7, 11) is 5.01. The first-order chi connectivity index (χ1) is 12.3. The molecule has 138 valence electrons. The quantitative estimate of drug-likeness (QED) is 0.868. The van der Waals surface area contributed by atoms with Crippen LogP contribution >= 0.6 is 11.6 Å². The number of carbonyl (C=O) groups is 2. The van der Waals surface area contributed by atoms with Crippen LogP contribution in [0, 0.1) is 0 Å². The van der Waals surface area contributed by atoms with Crippen molar-refractivity contribution in [3.8, 4) is 0 Å². The average Bonchev–Trinajstić information content (AvgIpc) is 2.61. The molecule has 0 radical (unpaired) electrons. The number of hydrogen-bond acceptors (Lipinski definition) is 3. The number of benzene rings is 1. The van der Waals surface area contributed by atoms with Gasteiger partial charge in [0.05, 0.1) is 22.8 Å². The number of urea groups is 1. The van der Waals surface area contributed by atoms with Gasteiger partial charge in [-0.15, -0.1) is 0 Å². The minimum Gasteiger partial charge on any atom is -0.345 e. The molecule has 1 N–H and O–H groups in total. The van der Waals surface area contributed by atoms with E-state index in [-0.39, 0.29) is 11.9 Å². The molecule has 0 atom stereocenters. The molecule has 1 heterocycles. The van der Waals surface area contributed by atoms with E-state index in [1.165, 1.54) is 9.80 Å². The lowest BCUT2D eigenvalue weighted by atomic mass is 10.2. The van der Waals surface area contributed by atoms with E-state index in [1.54, 1.807) is 39.3 Å². The Morgan fingerprint density at radius 2 is 1.88 bits per heavy atom. The Hall–Kier alpha value is -2.60. The zero-order chi connectivity index (χ0) is 19.3. The standard InChI is InChI=1S/C19H23ClN4O2/c1-5-13-6-7-15(21-11-13)12-24(4)19(26)22-14-8-9-16(17(20)10-14)18(25)23(2)3/h6-11H,5,12H2,1-4H3,(H,22,26). The Kier molecular flexibility index (Phi) is 6.58. The van der Waals surface area contributed by atoms with Gasteiger partial charge in [0.2, 0.25) is 0 Å². The summed E-state index contributed by atoms with van der Waals surface area (Å²) in [6.45, 7) is 2.46. The number of nitrogens with zero attached hydrogens (tertiary/aromatic N) is 3. The minimum absolute atomic E-state index is 0.188. The minimum atomic E-state index is -0.283. The largest absolute Gasteiger partial charge is 0.345 e. The van der Waals surface area contributed by atoms with E-state index in [0.717, 1.165) is 17.7 Å². The molecular weight excluding hydrogens is 352 g/mol. The number of anilines is 1. The smallest absolute Gasteiger partial charge is 0.321 e. The second-order valence-electron chi connectivity index (χ2n) is 6.19. The fourth-order valence-corrected chi connectivity index (χ4v) is 2.56. The highest BCUT2D eigenvalue weighted by Gasteiger charge is 2.15. The van der Waals surface area contributed by atoms with Gasteiger partial charge in [0, 0.05) is 33.0 Å². The highest BCUT2D eigenvalue weighted by atomic mass is 35.5. The summed E-state index contributed by atoms with van der Waals surface area (Å²) in [5.74, 6) is -0.188. The SMILES string of the molecule is CCc1ccc(CN(C)C(=O)Nc2ccc(C(=O)N(C)C)c(Cl)c2)nc1. The molecule has 0 unspecified atom stereocenters. The predicted molar refractivity (Wildman–Crippen MR) is 104 cm³/mol. The van der Waals surface area contributed by atoms with Crippen LogP contribution < -0.4 is 5.32 Å². The van der Waals surface area contributed by atoms with Crippen LogP contribution in [-0.4, -0.2) is 47.9 Å². The van der Waals surface area contributed by atoms with Crippen LogP contribution in [0.2, 0.25) is 5.02 Å². The van der Waals surface area contributed by atoms with Crippen LogP contribution in [-0.2, 0) is 13.0 Å². The number of pyridine rings is 1. The van der Waals surface area contributed by atoms with E-state index in [9.17, 15) is 9.59 Å². The lowest BCUT2D eigenvalue weighted by molar-refractivity contribution is 0.0828. The molecule has 0 aliphatic carbocycles.